The molecule has 1 N–H and O–H groups in total. The Hall–Kier alpha value is -1.37. The van der Waals surface area contributed by atoms with Gasteiger partial charge in [-0.15, -0.1) is 0 Å². The molecule has 1 saturated heterocycles. The van der Waals surface area contributed by atoms with Gasteiger partial charge >= 0.3 is 0 Å². The molecule has 1 unspecified atom stereocenters. The fraction of sp³-hybridized carbons (Fsp3) is 0.611. The maximum Gasteiger partial charge on any atom is 0.125 e. The van der Waals surface area contributed by atoms with Gasteiger partial charge in [0, 0.05) is 18.4 Å². The van der Waals surface area contributed by atoms with Crippen molar-refractivity contribution >= 4 is 0 Å². The first-order chi connectivity index (χ1) is 10.2. The topological polar surface area (TPSA) is 36.4 Å². The van der Waals surface area contributed by atoms with E-state index in [1.165, 1.54) is 24.8 Å². The third-order valence-electron chi connectivity index (χ3n) is 4.46. The van der Waals surface area contributed by atoms with Gasteiger partial charge in [0.15, 0.2) is 0 Å². The minimum atomic E-state index is -0.820. The zero-order valence-electron chi connectivity index (χ0n) is 13.2. The quantitative estimate of drug-likeness (QED) is 0.864. The molecule has 2 heterocycles. The molecule has 0 spiro atoms. The van der Waals surface area contributed by atoms with Crippen LogP contribution in [0.1, 0.15) is 57.6 Å². The van der Waals surface area contributed by atoms with Crippen LogP contribution >= 0.6 is 0 Å². The number of hydrogen-bond donors (Lipinski definition) is 1. The Kier molecular flexibility index (Phi) is 5.78. The Balaban J connectivity index is 2.05. The van der Waals surface area contributed by atoms with Crippen molar-refractivity contribution < 1.29 is 5.11 Å². The van der Waals surface area contributed by atoms with E-state index in [0.29, 0.717) is 18.9 Å². The Bertz CT molecular complexity index is 485. The van der Waals surface area contributed by atoms with Crippen LogP contribution in [0.25, 0.3) is 0 Å². The molecular weight excluding hydrogens is 260 g/mol. The van der Waals surface area contributed by atoms with Gasteiger partial charge in [0.25, 0.3) is 0 Å². The lowest BCUT2D eigenvalue weighted by Crippen LogP contribution is -2.34. The standard InChI is InChI=1S/C18H26N2O/c1-3-18(21,4-2)11-8-14-20-13-6-5-10-17(20)16-9-7-12-19-15-16/h7,9,12,15,17,21H,3-6,10,13-14H2,1-2H3. The average Bonchev–Trinajstić information content (AvgIpc) is 2.56. The van der Waals surface area contributed by atoms with E-state index in [1.54, 1.807) is 0 Å². The number of nitrogens with zero attached hydrogens (tertiary/aromatic N) is 2. The molecule has 2 rings (SSSR count). The average molecular weight is 286 g/mol. The van der Waals surface area contributed by atoms with Crippen LogP contribution in [-0.2, 0) is 0 Å². The highest BCUT2D eigenvalue weighted by Gasteiger charge is 2.23. The van der Waals surface area contributed by atoms with Crippen molar-refractivity contribution in [3.63, 3.8) is 0 Å². The molecule has 1 aromatic heterocycles. The van der Waals surface area contributed by atoms with Gasteiger partial charge in [0.05, 0.1) is 6.54 Å². The van der Waals surface area contributed by atoms with Crippen LogP contribution in [0.5, 0.6) is 0 Å². The summed E-state index contributed by atoms with van der Waals surface area (Å²) in [4.78, 5) is 6.65. The van der Waals surface area contributed by atoms with E-state index in [2.05, 4.69) is 27.8 Å². The smallest absolute Gasteiger partial charge is 0.125 e. The fourth-order valence-corrected chi connectivity index (χ4v) is 2.86. The van der Waals surface area contributed by atoms with Crippen LogP contribution in [0.4, 0.5) is 0 Å². The lowest BCUT2D eigenvalue weighted by molar-refractivity contribution is 0.0926. The van der Waals surface area contributed by atoms with Crippen LogP contribution in [0.2, 0.25) is 0 Å². The van der Waals surface area contributed by atoms with Gasteiger partial charge < -0.3 is 5.11 Å². The van der Waals surface area contributed by atoms with Crippen LogP contribution in [0, 0.1) is 11.8 Å². The summed E-state index contributed by atoms with van der Waals surface area (Å²) in [6.45, 7) is 5.77. The molecule has 0 bridgehead atoms. The molecule has 3 nitrogen and oxygen atoms in total. The molecular formula is C18H26N2O. The second-order valence-corrected chi connectivity index (χ2v) is 5.81. The van der Waals surface area contributed by atoms with E-state index < -0.39 is 5.60 Å². The van der Waals surface area contributed by atoms with E-state index in [1.807, 2.05) is 32.3 Å². The molecule has 21 heavy (non-hydrogen) atoms. The van der Waals surface area contributed by atoms with Gasteiger partial charge in [0.2, 0.25) is 0 Å². The second kappa shape index (κ2) is 7.59. The van der Waals surface area contributed by atoms with E-state index >= 15 is 0 Å². The van der Waals surface area contributed by atoms with Crippen molar-refractivity contribution in [2.75, 3.05) is 13.1 Å². The van der Waals surface area contributed by atoms with Gasteiger partial charge in [-0.25, -0.2) is 0 Å². The molecule has 1 aromatic rings. The Morgan fingerprint density at radius 2 is 2.19 bits per heavy atom. The molecule has 3 heteroatoms. The highest BCUT2D eigenvalue weighted by atomic mass is 16.3. The molecule has 114 valence electrons. The molecule has 0 aliphatic carbocycles. The van der Waals surface area contributed by atoms with Gasteiger partial charge in [-0.2, -0.15) is 0 Å². The fourth-order valence-electron chi connectivity index (χ4n) is 2.86. The first-order valence-corrected chi connectivity index (χ1v) is 8.05. The monoisotopic (exact) mass is 286 g/mol. The maximum atomic E-state index is 10.2. The van der Waals surface area contributed by atoms with Crippen LogP contribution < -0.4 is 0 Å². The molecule has 1 aliphatic heterocycles. The lowest BCUT2D eigenvalue weighted by atomic mass is 9.96. The Morgan fingerprint density at radius 3 is 2.86 bits per heavy atom. The summed E-state index contributed by atoms with van der Waals surface area (Å²) in [5.41, 5.74) is 0.458. The van der Waals surface area contributed by atoms with Gasteiger partial charge in [-0.1, -0.05) is 38.2 Å². The van der Waals surface area contributed by atoms with Crippen molar-refractivity contribution in [1.29, 1.82) is 0 Å². The minimum Gasteiger partial charge on any atom is -0.378 e. The molecule has 0 aromatic carbocycles. The van der Waals surface area contributed by atoms with E-state index in [0.717, 1.165) is 13.1 Å². The van der Waals surface area contributed by atoms with Crippen LogP contribution in [-0.4, -0.2) is 33.7 Å². The highest BCUT2D eigenvalue weighted by Crippen LogP contribution is 2.29. The summed E-state index contributed by atoms with van der Waals surface area (Å²) in [6, 6.07) is 4.57. The molecule has 1 fully saturated rings. The van der Waals surface area contributed by atoms with Crippen molar-refractivity contribution in [3.8, 4) is 11.8 Å². The third kappa shape index (κ3) is 4.30. The second-order valence-electron chi connectivity index (χ2n) is 5.81. The number of hydrogen-bond acceptors (Lipinski definition) is 3. The predicted molar refractivity (Wildman–Crippen MR) is 85.7 cm³/mol. The normalized spacial score (nSPS) is 19.9. The largest absolute Gasteiger partial charge is 0.378 e. The van der Waals surface area contributed by atoms with Gasteiger partial charge in [0.1, 0.15) is 5.60 Å². The Morgan fingerprint density at radius 1 is 1.38 bits per heavy atom. The zero-order valence-corrected chi connectivity index (χ0v) is 13.2. The van der Waals surface area contributed by atoms with Crippen molar-refractivity contribution in [3.05, 3.63) is 30.1 Å². The SMILES string of the molecule is CCC(O)(C#CCN1CCCCC1c1cccnc1)CC. The third-order valence-corrected chi connectivity index (χ3v) is 4.46. The molecule has 0 radical (unpaired) electrons. The van der Waals surface area contributed by atoms with Crippen molar-refractivity contribution in [2.24, 2.45) is 0 Å². The molecule has 1 atom stereocenters. The van der Waals surface area contributed by atoms with Crippen molar-refractivity contribution in [2.45, 2.75) is 57.6 Å². The number of likely N-dealkylation sites (tertiary alicyclic amines) is 1. The van der Waals surface area contributed by atoms with E-state index in [-0.39, 0.29) is 0 Å². The first-order valence-electron chi connectivity index (χ1n) is 8.05. The molecule has 0 amide bonds. The van der Waals surface area contributed by atoms with Crippen LogP contribution in [0.15, 0.2) is 24.5 Å². The number of rotatable bonds is 4. The summed E-state index contributed by atoms with van der Waals surface area (Å²) in [6.07, 6.45) is 8.80. The Labute approximate surface area is 128 Å². The van der Waals surface area contributed by atoms with Crippen LogP contribution in [0.3, 0.4) is 0 Å². The number of piperidine rings is 1. The van der Waals surface area contributed by atoms with Crippen molar-refractivity contribution in [1.82, 2.24) is 9.88 Å². The molecule has 1 aliphatic rings. The summed E-state index contributed by atoms with van der Waals surface area (Å²) >= 11 is 0. The molecule has 0 saturated carbocycles. The number of aliphatic hydroxyl groups is 1. The zero-order chi connectivity index (χ0) is 15.1. The maximum absolute atomic E-state index is 10.2. The summed E-state index contributed by atoms with van der Waals surface area (Å²) < 4.78 is 0. The number of aromatic nitrogens is 1. The van der Waals surface area contributed by atoms with E-state index in [4.69, 9.17) is 0 Å². The summed E-state index contributed by atoms with van der Waals surface area (Å²) in [5.74, 6) is 6.27. The van der Waals surface area contributed by atoms with Gasteiger partial charge in [-0.3, -0.25) is 9.88 Å². The summed E-state index contributed by atoms with van der Waals surface area (Å²) in [7, 11) is 0. The lowest BCUT2D eigenvalue weighted by Gasteiger charge is -2.34. The van der Waals surface area contributed by atoms with E-state index in [9.17, 15) is 5.11 Å². The predicted octanol–water partition coefficient (Wildman–Crippen LogP) is 3.16. The number of pyridine rings is 1. The highest BCUT2D eigenvalue weighted by molar-refractivity contribution is 5.18. The van der Waals surface area contributed by atoms with Gasteiger partial charge in [-0.05, 0) is 43.9 Å². The first kappa shape index (κ1) is 16.0. The minimum absolute atomic E-state index is 0.415. The summed E-state index contributed by atoms with van der Waals surface area (Å²) in [5, 5.41) is 10.2.